The number of carbonyl (C=O) groups is 1. The van der Waals surface area contributed by atoms with E-state index < -0.39 is 11.7 Å². The molecule has 0 radical (unpaired) electrons. The predicted molar refractivity (Wildman–Crippen MR) is 107 cm³/mol. The average Bonchev–Trinajstić information content (AvgIpc) is 3.37. The summed E-state index contributed by atoms with van der Waals surface area (Å²) in [5.74, 6) is 0.781. The van der Waals surface area contributed by atoms with Gasteiger partial charge in [0.2, 0.25) is 0 Å². The lowest BCUT2D eigenvalue weighted by molar-refractivity contribution is -0.137. The van der Waals surface area contributed by atoms with Crippen molar-refractivity contribution in [2.45, 2.75) is 31.9 Å². The number of hydrogen-bond donors (Lipinski definition) is 2. The fourth-order valence-corrected chi connectivity index (χ4v) is 3.35. The van der Waals surface area contributed by atoms with Crippen LogP contribution in [0.25, 0.3) is 22.6 Å². The molecule has 154 valence electrons. The van der Waals surface area contributed by atoms with Crippen LogP contribution in [0.4, 0.5) is 18.9 Å². The number of aldehydes is 1. The number of H-pyrrole nitrogens is 1. The summed E-state index contributed by atoms with van der Waals surface area (Å²) in [6.07, 6.45) is 2.22. The highest BCUT2D eigenvalue weighted by Gasteiger charge is 2.31. The molecule has 3 aromatic rings. The summed E-state index contributed by atoms with van der Waals surface area (Å²) in [5, 5.41) is 3.40. The van der Waals surface area contributed by atoms with E-state index in [1.807, 2.05) is 0 Å². The van der Waals surface area contributed by atoms with Crippen molar-refractivity contribution >= 4 is 34.7 Å². The van der Waals surface area contributed by atoms with Crippen molar-refractivity contribution in [1.82, 2.24) is 15.0 Å². The molecule has 4 rings (SSSR count). The Hall–Kier alpha value is -2.61. The summed E-state index contributed by atoms with van der Waals surface area (Å²) < 4.78 is 38.1. The van der Waals surface area contributed by atoms with Gasteiger partial charge in [-0.2, -0.15) is 13.2 Å². The molecule has 0 atom stereocenters. The van der Waals surface area contributed by atoms with Crippen LogP contribution in [0.3, 0.4) is 0 Å². The molecule has 2 heterocycles. The first-order chi connectivity index (χ1) is 13.8. The van der Waals surface area contributed by atoms with Gasteiger partial charge in [0.25, 0.3) is 0 Å². The number of anilines is 1. The number of aromatic nitrogens is 3. The zero-order valence-electron chi connectivity index (χ0n) is 15.7. The van der Waals surface area contributed by atoms with Crippen LogP contribution in [0.15, 0.2) is 30.5 Å². The Morgan fingerprint density at radius 1 is 1.24 bits per heavy atom. The zero-order chi connectivity index (χ0) is 21.0. The molecule has 0 bridgehead atoms. The largest absolute Gasteiger partial charge is 0.417 e. The fourth-order valence-electron chi connectivity index (χ4n) is 3.14. The van der Waals surface area contributed by atoms with Crippen molar-refractivity contribution in [3.8, 4) is 11.4 Å². The minimum atomic E-state index is -4.45. The molecule has 0 aliphatic heterocycles. The van der Waals surface area contributed by atoms with E-state index in [4.69, 9.17) is 11.6 Å². The normalized spacial score (nSPS) is 14.5. The number of carbonyl (C=O) groups excluding carboxylic acids is 1. The van der Waals surface area contributed by atoms with Crippen molar-refractivity contribution in [2.75, 3.05) is 12.4 Å². The SMILES string of the molecule is CNc1ccc(Cl)c(-c2nc3ncc(C(F)(F)F)cc3[nH]2)c1.O=CC1CCCC1. The molecule has 0 amide bonds. The Bertz CT molecular complexity index is 997. The summed E-state index contributed by atoms with van der Waals surface area (Å²) in [5.41, 5.74) is 0.971. The topological polar surface area (TPSA) is 70.7 Å². The number of fused-ring (bicyclic) bond motifs is 1. The Morgan fingerprint density at radius 2 is 1.97 bits per heavy atom. The Balaban J connectivity index is 0.000000290. The van der Waals surface area contributed by atoms with Crippen LogP contribution < -0.4 is 5.32 Å². The van der Waals surface area contributed by atoms with Crippen LogP contribution in [0.2, 0.25) is 5.02 Å². The number of nitrogens with one attached hydrogen (secondary N) is 2. The first kappa shape index (κ1) is 21.1. The van der Waals surface area contributed by atoms with E-state index in [1.165, 1.54) is 12.8 Å². The number of aromatic amines is 1. The van der Waals surface area contributed by atoms with Gasteiger partial charge in [-0.1, -0.05) is 24.4 Å². The number of imidazole rings is 1. The maximum Gasteiger partial charge on any atom is 0.417 e. The number of pyridine rings is 1. The van der Waals surface area contributed by atoms with E-state index in [0.29, 0.717) is 22.3 Å². The molecule has 29 heavy (non-hydrogen) atoms. The van der Waals surface area contributed by atoms with Crippen molar-refractivity contribution in [1.29, 1.82) is 0 Å². The highest BCUT2D eigenvalue weighted by atomic mass is 35.5. The van der Waals surface area contributed by atoms with Crippen LogP contribution >= 0.6 is 11.6 Å². The molecule has 1 aliphatic carbocycles. The second-order valence-electron chi connectivity index (χ2n) is 6.80. The zero-order valence-corrected chi connectivity index (χ0v) is 16.4. The van der Waals surface area contributed by atoms with Crippen LogP contribution in [-0.2, 0) is 11.0 Å². The first-order valence-electron chi connectivity index (χ1n) is 9.17. The smallest absolute Gasteiger partial charge is 0.388 e. The third kappa shape index (κ3) is 5.06. The maximum absolute atomic E-state index is 12.7. The van der Waals surface area contributed by atoms with Gasteiger partial charge < -0.3 is 15.1 Å². The van der Waals surface area contributed by atoms with Crippen LogP contribution in [0.1, 0.15) is 31.2 Å². The van der Waals surface area contributed by atoms with Crippen LogP contribution in [0.5, 0.6) is 0 Å². The standard InChI is InChI=1S/C14H10ClF3N4.C6H10O/c1-19-8-2-3-10(15)9(5-8)12-21-11-4-7(14(16,17)18)6-20-13(11)22-12;7-5-6-3-1-2-4-6/h2-6,19H,1H3,(H,20,21,22);5-6H,1-4H2. The summed E-state index contributed by atoms with van der Waals surface area (Å²) in [6, 6.07) is 6.21. The Kier molecular flexibility index (Phi) is 6.42. The molecule has 1 aliphatic rings. The molecule has 9 heteroatoms. The van der Waals surface area contributed by atoms with Gasteiger partial charge >= 0.3 is 6.18 Å². The van der Waals surface area contributed by atoms with Crippen molar-refractivity contribution in [2.24, 2.45) is 5.92 Å². The quantitative estimate of drug-likeness (QED) is 0.528. The summed E-state index contributed by atoms with van der Waals surface area (Å²) >= 11 is 6.13. The maximum atomic E-state index is 12.7. The molecule has 5 nitrogen and oxygen atoms in total. The van der Waals surface area contributed by atoms with Gasteiger partial charge in [-0.25, -0.2) is 9.97 Å². The lowest BCUT2D eigenvalue weighted by Gasteiger charge is -2.05. The van der Waals surface area contributed by atoms with Gasteiger partial charge in [0.05, 0.1) is 16.1 Å². The van der Waals surface area contributed by atoms with Gasteiger partial charge in [-0.15, -0.1) is 0 Å². The lowest BCUT2D eigenvalue weighted by atomic mass is 10.1. The molecule has 2 N–H and O–H groups in total. The van der Waals surface area contributed by atoms with Crippen molar-refractivity contribution in [3.63, 3.8) is 0 Å². The fraction of sp³-hybridized carbons (Fsp3) is 0.350. The summed E-state index contributed by atoms with van der Waals surface area (Å²) in [6.45, 7) is 0. The average molecular weight is 425 g/mol. The first-order valence-corrected chi connectivity index (χ1v) is 9.55. The predicted octanol–water partition coefficient (Wildman–Crippen LogP) is 5.71. The van der Waals surface area contributed by atoms with E-state index in [2.05, 4.69) is 20.3 Å². The molecule has 0 unspecified atom stereocenters. The van der Waals surface area contributed by atoms with E-state index in [9.17, 15) is 18.0 Å². The molecular formula is C20H20ClF3N4O. The van der Waals surface area contributed by atoms with E-state index in [-0.39, 0.29) is 11.2 Å². The van der Waals surface area contributed by atoms with E-state index in [1.54, 1.807) is 25.2 Å². The summed E-state index contributed by atoms with van der Waals surface area (Å²) in [4.78, 5) is 20.8. The molecule has 0 saturated heterocycles. The number of halogens is 4. The van der Waals surface area contributed by atoms with E-state index in [0.717, 1.165) is 37.1 Å². The highest BCUT2D eigenvalue weighted by Crippen LogP contribution is 2.32. The van der Waals surface area contributed by atoms with Gasteiger partial charge in [0.1, 0.15) is 12.1 Å². The number of hydrogen-bond acceptors (Lipinski definition) is 4. The Morgan fingerprint density at radius 3 is 2.55 bits per heavy atom. The summed E-state index contributed by atoms with van der Waals surface area (Å²) in [7, 11) is 1.75. The third-order valence-corrected chi connectivity index (χ3v) is 5.10. The van der Waals surface area contributed by atoms with Gasteiger partial charge in [0.15, 0.2) is 5.65 Å². The van der Waals surface area contributed by atoms with E-state index >= 15 is 0 Å². The second kappa shape index (κ2) is 8.82. The van der Waals surface area contributed by atoms with Gasteiger partial charge in [-0.3, -0.25) is 0 Å². The minimum absolute atomic E-state index is 0.203. The molecular weight excluding hydrogens is 405 g/mol. The molecule has 1 fully saturated rings. The molecule has 0 spiro atoms. The van der Waals surface area contributed by atoms with Gasteiger partial charge in [-0.05, 0) is 37.1 Å². The Labute approximate surface area is 170 Å². The third-order valence-electron chi connectivity index (χ3n) is 4.77. The second-order valence-corrected chi connectivity index (χ2v) is 7.21. The number of rotatable bonds is 3. The van der Waals surface area contributed by atoms with Crippen molar-refractivity contribution < 1.29 is 18.0 Å². The number of nitrogens with zero attached hydrogens (tertiary/aromatic N) is 2. The monoisotopic (exact) mass is 424 g/mol. The highest BCUT2D eigenvalue weighted by molar-refractivity contribution is 6.33. The van der Waals surface area contributed by atoms with Crippen molar-refractivity contribution in [3.05, 3.63) is 41.0 Å². The molecule has 1 saturated carbocycles. The number of benzene rings is 1. The van der Waals surface area contributed by atoms with Gasteiger partial charge in [0, 0.05) is 30.4 Å². The number of alkyl halides is 3. The minimum Gasteiger partial charge on any atom is -0.388 e. The molecule has 2 aromatic heterocycles. The lowest BCUT2D eigenvalue weighted by Crippen LogP contribution is -2.05. The van der Waals surface area contributed by atoms with Crippen LogP contribution in [0, 0.1) is 5.92 Å². The molecule has 1 aromatic carbocycles. The van der Waals surface area contributed by atoms with Crippen LogP contribution in [-0.4, -0.2) is 28.3 Å².